The summed E-state index contributed by atoms with van der Waals surface area (Å²) < 4.78 is 56.4. The maximum atomic E-state index is 13.7. The van der Waals surface area contributed by atoms with E-state index in [0.29, 0.717) is 11.5 Å². The molecule has 0 radical (unpaired) electrons. The minimum absolute atomic E-state index is 0.0128. The number of amides is 1. The van der Waals surface area contributed by atoms with E-state index in [4.69, 9.17) is 14.2 Å². The topological polar surface area (TPSA) is 78.0 Å². The Labute approximate surface area is 214 Å². The van der Waals surface area contributed by atoms with Crippen LogP contribution < -0.4 is 9.64 Å². The van der Waals surface area contributed by atoms with Crippen LogP contribution in [0.1, 0.15) is 61.0 Å². The molecule has 1 amide bonds. The first-order valence-electron chi connectivity index (χ1n) is 12.2. The predicted molar refractivity (Wildman–Crippen MR) is 132 cm³/mol. The maximum absolute atomic E-state index is 13.7. The van der Waals surface area contributed by atoms with Crippen molar-refractivity contribution in [3.8, 4) is 11.6 Å². The molecule has 37 heavy (non-hydrogen) atoms. The van der Waals surface area contributed by atoms with Crippen molar-refractivity contribution in [1.29, 1.82) is 0 Å². The number of rotatable bonds is 8. The van der Waals surface area contributed by atoms with Crippen LogP contribution in [0.3, 0.4) is 0 Å². The van der Waals surface area contributed by atoms with Crippen LogP contribution in [0.25, 0.3) is 0 Å². The molecule has 202 valence electrons. The predicted octanol–water partition coefficient (Wildman–Crippen LogP) is 6.18. The Morgan fingerprint density at radius 2 is 1.81 bits per heavy atom. The molecule has 1 heterocycles. The minimum Gasteiger partial charge on any atom is -0.465 e. The van der Waals surface area contributed by atoms with E-state index in [9.17, 15) is 22.8 Å². The Morgan fingerprint density at radius 3 is 2.41 bits per heavy atom. The molecule has 1 aliphatic carbocycles. The highest BCUT2D eigenvalue weighted by Gasteiger charge is 2.36. The smallest absolute Gasteiger partial charge is 0.421 e. The van der Waals surface area contributed by atoms with Crippen molar-refractivity contribution in [3.63, 3.8) is 0 Å². The van der Waals surface area contributed by atoms with Crippen molar-refractivity contribution < 1.29 is 37.0 Å². The molecule has 1 fully saturated rings. The molecule has 0 bridgehead atoms. The molecule has 0 N–H and O–H groups in total. The average Bonchev–Trinajstić information content (AvgIpc) is 2.85. The number of alkyl halides is 3. The number of hydrogen-bond acceptors (Lipinski definition) is 6. The third-order valence-corrected chi connectivity index (χ3v) is 6.59. The number of carbonyl (C=O) groups is 2. The van der Waals surface area contributed by atoms with Gasteiger partial charge in [0.15, 0.2) is 0 Å². The van der Waals surface area contributed by atoms with Crippen molar-refractivity contribution in [2.24, 2.45) is 11.8 Å². The fraction of sp³-hybridized carbons (Fsp3) is 0.519. The lowest BCUT2D eigenvalue weighted by atomic mass is 9.82. The summed E-state index contributed by atoms with van der Waals surface area (Å²) in [6.45, 7) is 5.68. The molecule has 2 aromatic rings. The normalized spacial score (nSPS) is 18.7. The van der Waals surface area contributed by atoms with E-state index in [-0.39, 0.29) is 35.4 Å². The number of esters is 1. The second-order valence-corrected chi connectivity index (χ2v) is 9.61. The zero-order chi connectivity index (χ0) is 27.3. The standard InChI is InChI=1S/C27H33F3N2O5/c1-16-6-8-19(9-7-16)25(33)32(18(3)15-35-4)23-11-10-20(13-21(23)26(34)36-5)37-24-22(27(28,29)30)12-17(2)14-31-24/h10-14,16,18-19H,6-9,15H2,1-5H3. The molecule has 1 aliphatic rings. The highest BCUT2D eigenvalue weighted by molar-refractivity contribution is 6.04. The number of methoxy groups -OCH3 is 2. The average molecular weight is 523 g/mol. The van der Waals surface area contributed by atoms with E-state index in [2.05, 4.69) is 11.9 Å². The van der Waals surface area contributed by atoms with Crippen LogP contribution in [0, 0.1) is 18.8 Å². The van der Waals surface area contributed by atoms with Crippen LogP contribution >= 0.6 is 0 Å². The van der Waals surface area contributed by atoms with E-state index in [1.807, 2.05) is 6.92 Å². The number of pyridine rings is 1. The SMILES string of the molecule is COCC(C)N(C(=O)C1CCC(C)CC1)c1ccc(Oc2ncc(C)cc2C(F)(F)F)cc1C(=O)OC. The Bertz CT molecular complexity index is 1110. The third kappa shape index (κ3) is 6.80. The fourth-order valence-corrected chi connectivity index (χ4v) is 4.61. The van der Waals surface area contributed by atoms with Gasteiger partial charge in [0.2, 0.25) is 11.8 Å². The first-order chi connectivity index (χ1) is 17.5. The molecule has 1 atom stereocenters. The zero-order valence-corrected chi connectivity index (χ0v) is 21.7. The summed E-state index contributed by atoms with van der Waals surface area (Å²) in [5, 5.41) is 0. The summed E-state index contributed by atoms with van der Waals surface area (Å²) in [6.07, 6.45) is -0.0718. The van der Waals surface area contributed by atoms with E-state index >= 15 is 0 Å². The quantitative estimate of drug-likeness (QED) is 0.385. The van der Waals surface area contributed by atoms with E-state index < -0.39 is 29.6 Å². The molecule has 1 unspecified atom stereocenters. The summed E-state index contributed by atoms with van der Waals surface area (Å²) >= 11 is 0. The van der Waals surface area contributed by atoms with Crippen molar-refractivity contribution in [3.05, 3.63) is 47.2 Å². The van der Waals surface area contributed by atoms with Gasteiger partial charge in [-0.1, -0.05) is 6.92 Å². The summed E-state index contributed by atoms with van der Waals surface area (Å²) in [4.78, 5) is 31.8. The highest BCUT2D eigenvalue weighted by atomic mass is 19.4. The van der Waals surface area contributed by atoms with Gasteiger partial charge >= 0.3 is 12.1 Å². The van der Waals surface area contributed by atoms with Gasteiger partial charge in [-0.05, 0) is 75.3 Å². The lowest BCUT2D eigenvalue weighted by molar-refractivity contribution is -0.139. The summed E-state index contributed by atoms with van der Waals surface area (Å²) in [6, 6.07) is 4.69. The van der Waals surface area contributed by atoms with Gasteiger partial charge in [0.05, 0.1) is 31.0 Å². The molecular weight excluding hydrogens is 489 g/mol. The van der Waals surface area contributed by atoms with Gasteiger partial charge in [-0.15, -0.1) is 0 Å². The lowest BCUT2D eigenvalue weighted by Gasteiger charge is -2.35. The van der Waals surface area contributed by atoms with Crippen LogP contribution in [0.4, 0.5) is 18.9 Å². The van der Waals surface area contributed by atoms with Crippen molar-refractivity contribution in [2.45, 2.75) is 58.7 Å². The zero-order valence-electron chi connectivity index (χ0n) is 21.7. The second-order valence-electron chi connectivity index (χ2n) is 9.61. The van der Waals surface area contributed by atoms with Crippen LogP contribution in [0.15, 0.2) is 30.5 Å². The van der Waals surface area contributed by atoms with Crippen LogP contribution in [-0.2, 0) is 20.4 Å². The molecule has 0 saturated heterocycles. The Kier molecular flexibility index (Phi) is 9.17. The summed E-state index contributed by atoms with van der Waals surface area (Å²) in [5.41, 5.74) is -0.446. The molecule has 1 saturated carbocycles. The highest BCUT2D eigenvalue weighted by Crippen LogP contribution is 2.39. The van der Waals surface area contributed by atoms with Crippen LogP contribution in [0.5, 0.6) is 11.6 Å². The number of aromatic nitrogens is 1. The lowest BCUT2D eigenvalue weighted by Crippen LogP contribution is -2.46. The maximum Gasteiger partial charge on any atom is 0.421 e. The molecule has 1 aromatic carbocycles. The number of carbonyl (C=O) groups excluding carboxylic acids is 2. The van der Waals surface area contributed by atoms with Gasteiger partial charge in [-0.2, -0.15) is 13.2 Å². The number of aryl methyl sites for hydroxylation is 1. The monoisotopic (exact) mass is 522 g/mol. The number of nitrogens with zero attached hydrogens (tertiary/aromatic N) is 2. The fourth-order valence-electron chi connectivity index (χ4n) is 4.61. The summed E-state index contributed by atoms with van der Waals surface area (Å²) in [7, 11) is 2.71. The van der Waals surface area contributed by atoms with E-state index in [1.54, 1.807) is 0 Å². The second kappa shape index (κ2) is 11.9. The Morgan fingerprint density at radius 1 is 1.14 bits per heavy atom. The van der Waals surface area contributed by atoms with Gasteiger partial charge in [-0.3, -0.25) is 4.79 Å². The van der Waals surface area contributed by atoms with E-state index in [0.717, 1.165) is 31.7 Å². The van der Waals surface area contributed by atoms with Gasteiger partial charge in [-0.25, -0.2) is 9.78 Å². The van der Waals surface area contributed by atoms with Gasteiger partial charge in [0.25, 0.3) is 0 Å². The molecular formula is C27H33F3N2O5. The number of benzene rings is 1. The summed E-state index contributed by atoms with van der Waals surface area (Å²) in [5.74, 6) is -1.23. The van der Waals surface area contributed by atoms with Crippen molar-refractivity contribution in [1.82, 2.24) is 4.98 Å². The number of ether oxygens (including phenoxy) is 3. The molecule has 0 aliphatic heterocycles. The Hall–Kier alpha value is -3.14. The van der Waals surface area contributed by atoms with Gasteiger partial charge < -0.3 is 19.1 Å². The molecule has 10 heteroatoms. The number of anilines is 1. The minimum atomic E-state index is -4.68. The first-order valence-corrected chi connectivity index (χ1v) is 12.2. The molecule has 1 aromatic heterocycles. The Balaban J connectivity index is 2.04. The molecule has 3 rings (SSSR count). The van der Waals surface area contributed by atoms with Gasteiger partial charge in [0.1, 0.15) is 11.3 Å². The van der Waals surface area contributed by atoms with Crippen molar-refractivity contribution >= 4 is 17.6 Å². The first kappa shape index (κ1) is 28.4. The largest absolute Gasteiger partial charge is 0.465 e. The van der Waals surface area contributed by atoms with Crippen LogP contribution in [-0.4, -0.2) is 43.7 Å². The third-order valence-electron chi connectivity index (χ3n) is 6.59. The number of hydrogen-bond donors (Lipinski definition) is 0. The van der Waals surface area contributed by atoms with Crippen molar-refractivity contribution in [2.75, 3.05) is 25.7 Å². The molecule has 7 nitrogen and oxygen atoms in total. The van der Waals surface area contributed by atoms with Crippen LogP contribution in [0.2, 0.25) is 0 Å². The molecule has 0 spiro atoms. The number of halogens is 3. The van der Waals surface area contributed by atoms with Gasteiger partial charge in [0, 0.05) is 19.2 Å². The van der Waals surface area contributed by atoms with E-state index in [1.165, 1.54) is 50.4 Å².